The van der Waals surface area contributed by atoms with E-state index >= 15 is 0 Å². The summed E-state index contributed by atoms with van der Waals surface area (Å²) in [4.78, 5) is 29.7. The number of thioether (sulfide) groups is 1. The summed E-state index contributed by atoms with van der Waals surface area (Å²) >= 11 is 1.23. The van der Waals surface area contributed by atoms with E-state index in [4.69, 9.17) is 4.74 Å². The Morgan fingerprint density at radius 2 is 1.86 bits per heavy atom. The first-order valence-corrected chi connectivity index (χ1v) is 12.0. The van der Waals surface area contributed by atoms with Crippen molar-refractivity contribution in [1.82, 2.24) is 24.1 Å². The van der Waals surface area contributed by atoms with E-state index in [1.807, 2.05) is 29.2 Å². The van der Waals surface area contributed by atoms with Crippen molar-refractivity contribution in [1.29, 1.82) is 0 Å². The van der Waals surface area contributed by atoms with E-state index in [1.54, 1.807) is 23.8 Å². The Balaban J connectivity index is 1.23. The van der Waals surface area contributed by atoms with E-state index in [0.29, 0.717) is 37.0 Å². The van der Waals surface area contributed by atoms with Gasteiger partial charge >= 0.3 is 5.56 Å². The monoisotopic (exact) mass is 494 g/mol. The number of aromatic nitrogens is 4. The quantitative estimate of drug-likeness (QED) is 0.381. The highest BCUT2D eigenvalue weighted by molar-refractivity contribution is 7.99. The lowest BCUT2D eigenvalue weighted by molar-refractivity contribution is -0.128. The number of halogens is 1. The van der Waals surface area contributed by atoms with E-state index in [-0.39, 0.29) is 17.3 Å². The number of ether oxygens (including phenoxy) is 1. The number of carbonyl (C=O) groups is 1. The van der Waals surface area contributed by atoms with Crippen molar-refractivity contribution in [3.8, 4) is 11.4 Å². The summed E-state index contributed by atoms with van der Waals surface area (Å²) in [6.07, 6.45) is 3.18. The van der Waals surface area contributed by atoms with Crippen LogP contribution in [-0.4, -0.2) is 69.0 Å². The van der Waals surface area contributed by atoms with Crippen LogP contribution in [-0.2, 0) is 4.79 Å². The zero-order valence-electron chi connectivity index (χ0n) is 19.0. The van der Waals surface area contributed by atoms with Gasteiger partial charge in [0.25, 0.3) is 0 Å². The van der Waals surface area contributed by atoms with E-state index in [0.717, 1.165) is 11.4 Å². The fourth-order valence-corrected chi connectivity index (χ4v) is 4.92. The topological polar surface area (TPSA) is 85.0 Å². The molecule has 2 aromatic carbocycles. The molecule has 0 radical (unpaired) electrons. The molecule has 4 aromatic rings. The number of amides is 1. The molecule has 9 nitrogen and oxygen atoms in total. The Kier molecular flexibility index (Phi) is 6.41. The third-order valence-corrected chi connectivity index (χ3v) is 6.84. The highest BCUT2D eigenvalue weighted by Gasteiger charge is 2.23. The van der Waals surface area contributed by atoms with Gasteiger partial charge in [-0.05, 0) is 30.3 Å². The van der Waals surface area contributed by atoms with Crippen LogP contribution in [0.4, 0.5) is 10.1 Å². The van der Waals surface area contributed by atoms with E-state index in [1.165, 1.54) is 40.7 Å². The number of hydrogen-bond acceptors (Lipinski definition) is 7. The van der Waals surface area contributed by atoms with Crippen LogP contribution in [0.1, 0.15) is 0 Å². The molecular formula is C24H23FN6O3S. The molecule has 1 saturated heterocycles. The minimum absolute atomic E-state index is 0.000436. The highest BCUT2D eigenvalue weighted by Crippen LogP contribution is 2.28. The molecule has 2 aromatic heterocycles. The molecule has 0 unspecified atom stereocenters. The number of hydrogen-bond donors (Lipinski definition) is 0. The average Bonchev–Trinajstić information content (AvgIpc) is 3.31. The normalized spacial score (nSPS) is 13.9. The van der Waals surface area contributed by atoms with Crippen LogP contribution < -0.4 is 15.2 Å². The Hall–Kier alpha value is -3.86. The molecule has 0 aliphatic carbocycles. The van der Waals surface area contributed by atoms with Crippen molar-refractivity contribution in [3.63, 3.8) is 0 Å². The number of nitrogens with zero attached hydrogens (tertiary/aromatic N) is 6. The van der Waals surface area contributed by atoms with Crippen LogP contribution in [0.3, 0.4) is 0 Å². The first-order valence-electron chi connectivity index (χ1n) is 11.1. The maximum Gasteiger partial charge on any atom is 0.300 e. The van der Waals surface area contributed by atoms with Gasteiger partial charge in [0.15, 0.2) is 5.16 Å². The number of piperazine rings is 1. The largest absolute Gasteiger partial charge is 0.495 e. The lowest BCUT2D eigenvalue weighted by atomic mass is 10.2. The second kappa shape index (κ2) is 9.79. The molecule has 5 rings (SSSR count). The third kappa shape index (κ3) is 4.59. The maximum absolute atomic E-state index is 13.6. The van der Waals surface area contributed by atoms with Gasteiger partial charge in [0.05, 0.1) is 24.2 Å². The molecule has 11 heteroatoms. The Morgan fingerprint density at radius 1 is 1.06 bits per heavy atom. The van der Waals surface area contributed by atoms with Crippen LogP contribution in [0.5, 0.6) is 5.75 Å². The van der Waals surface area contributed by atoms with Gasteiger partial charge in [-0.2, -0.15) is 0 Å². The number of carbonyl (C=O) groups excluding carboxylic acids is 1. The molecule has 3 heterocycles. The molecule has 1 aliphatic rings. The SMILES string of the molecule is COc1ccccc1N1CCN(C(=O)CSc2nnc3c(=O)n(-c4cccc(F)c4)ccn23)CC1. The smallest absolute Gasteiger partial charge is 0.300 e. The lowest BCUT2D eigenvalue weighted by Crippen LogP contribution is -2.49. The lowest BCUT2D eigenvalue weighted by Gasteiger charge is -2.36. The van der Waals surface area contributed by atoms with Crippen LogP contribution in [0.2, 0.25) is 0 Å². The second-order valence-electron chi connectivity index (χ2n) is 7.96. The molecule has 1 amide bonds. The fourth-order valence-electron chi connectivity index (χ4n) is 4.10. The molecule has 1 aliphatic heterocycles. The van der Waals surface area contributed by atoms with Crippen molar-refractivity contribution >= 4 is 29.0 Å². The Bertz CT molecular complexity index is 1430. The van der Waals surface area contributed by atoms with Gasteiger partial charge < -0.3 is 14.5 Å². The number of rotatable bonds is 6. The molecule has 0 spiro atoms. The minimum Gasteiger partial charge on any atom is -0.495 e. The molecule has 0 N–H and O–H groups in total. The summed E-state index contributed by atoms with van der Waals surface area (Å²) in [6.45, 7) is 2.64. The van der Waals surface area contributed by atoms with E-state index in [2.05, 4.69) is 15.1 Å². The number of para-hydroxylation sites is 2. The van der Waals surface area contributed by atoms with Crippen LogP contribution in [0.15, 0.2) is 70.9 Å². The molecule has 35 heavy (non-hydrogen) atoms. The van der Waals surface area contributed by atoms with Crippen LogP contribution in [0, 0.1) is 5.82 Å². The van der Waals surface area contributed by atoms with Gasteiger partial charge in [0, 0.05) is 38.6 Å². The Labute approximate surface area is 204 Å². The van der Waals surface area contributed by atoms with Crippen molar-refractivity contribution in [2.24, 2.45) is 0 Å². The van der Waals surface area contributed by atoms with Crippen molar-refractivity contribution in [2.75, 3.05) is 43.9 Å². The van der Waals surface area contributed by atoms with Gasteiger partial charge in [-0.1, -0.05) is 30.0 Å². The zero-order chi connectivity index (χ0) is 24.4. The highest BCUT2D eigenvalue weighted by atomic mass is 32.2. The van der Waals surface area contributed by atoms with Crippen molar-refractivity contribution in [3.05, 3.63) is 77.1 Å². The van der Waals surface area contributed by atoms with E-state index in [9.17, 15) is 14.0 Å². The standard InChI is InChI=1S/C24H23FN6O3S/c1-34-20-8-3-2-7-19(20)28-9-11-29(12-10-28)21(32)16-35-24-27-26-22-23(33)30(13-14-31(22)24)18-6-4-5-17(25)15-18/h2-8,13-15H,9-12,16H2,1H3. The average molecular weight is 495 g/mol. The molecule has 0 bridgehead atoms. The summed E-state index contributed by atoms with van der Waals surface area (Å²) in [6, 6.07) is 13.6. The molecule has 180 valence electrons. The molecule has 0 saturated carbocycles. The second-order valence-corrected chi connectivity index (χ2v) is 8.90. The number of benzene rings is 2. The van der Waals surface area contributed by atoms with Crippen LogP contribution >= 0.6 is 11.8 Å². The first kappa shape index (κ1) is 22.9. The number of anilines is 1. The van der Waals surface area contributed by atoms with Gasteiger partial charge in [-0.15, -0.1) is 10.2 Å². The van der Waals surface area contributed by atoms with Crippen molar-refractivity contribution in [2.45, 2.75) is 5.16 Å². The predicted molar refractivity (Wildman–Crippen MR) is 131 cm³/mol. The summed E-state index contributed by atoms with van der Waals surface area (Å²) in [7, 11) is 1.65. The summed E-state index contributed by atoms with van der Waals surface area (Å²) in [5.41, 5.74) is 1.11. The summed E-state index contributed by atoms with van der Waals surface area (Å²) < 4.78 is 21.9. The summed E-state index contributed by atoms with van der Waals surface area (Å²) in [5, 5.41) is 8.54. The minimum atomic E-state index is -0.436. The molecular weight excluding hydrogens is 471 g/mol. The number of fused-ring (bicyclic) bond motifs is 1. The first-order chi connectivity index (χ1) is 17.0. The molecule has 1 fully saturated rings. The maximum atomic E-state index is 13.6. The number of methoxy groups -OCH3 is 1. The van der Waals surface area contributed by atoms with Crippen molar-refractivity contribution < 1.29 is 13.9 Å². The summed E-state index contributed by atoms with van der Waals surface area (Å²) in [5.74, 6) is 0.564. The van der Waals surface area contributed by atoms with E-state index < -0.39 is 11.4 Å². The molecule has 0 atom stereocenters. The fraction of sp³-hybridized carbons (Fsp3) is 0.250. The van der Waals surface area contributed by atoms with Gasteiger partial charge in [0.1, 0.15) is 11.6 Å². The zero-order valence-corrected chi connectivity index (χ0v) is 19.8. The predicted octanol–water partition coefficient (Wildman–Crippen LogP) is 2.47. The Morgan fingerprint density at radius 3 is 2.63 bits per heavy atom. The van der Waals surface area contributed by atoms with Gasteiger partial charge in [-0.25, -0.2) is 4.39 Å². The van der Waals surface area contributed by atoms with Gasteiger partial charge in [-0.3, -0.25) is 18.6 Å². The van der Waals surface area contributed by atoms with Gasteiger partial charge in [0.2, 0.25) is 11.6 Å². The third-order valence-electron chi connectivity index (χ3n) is 5.91. The van der Waals surface area contributed by atoms with Crippen LogP contribution in [0.25, 0.3) is 11.3 Å².